The fourth-order valence-electron chi connectivity index (χ4n) is 3.57. The van der Waals surface area contributed by atoms with Crippen LogP contribution in [0.5, 0.6) is 0 Å². The molecular formula is C21H20F2N4O. The quantitative estimate of drug-likeness (QED) is 0.711. The lowest BCUT2D eigenvalue weighted by atomic mass is 10.00. The lowest BCUT2D eigenvalue weighted by Gasteiger charge is -2.31. The monoisotopic (exact) mass is 382 g/mol. The summed E-state index contributed by atoms with van der Waals surface area (Å²) in [5.74, 6) is -0.700. The van der Waals surface area contributed by atoms with E-state index in [1.165, 1.54) is 6.07 Å². The fraction of sp³-hybridized carbons (Fsp3) is 0.238. The van der Waals surface area contributed by atoms with Gasteiger partial charge >= 0.3 is 0 Å². The van der Waals surface area contributed by atoms with Gasteiger partial charge in [-0.05, 0) is 44.2 Å². The summed E-state index contributed by atoms with van der Waals surface area (Å²) in [4.78, 5) is 14.5. The van der Waals surface area contributed by atoms with Crippen LogP contribution in [0, 0.1) is 11.6 Å². The van der Waals surface area contributed by atoms with E-state index in [9.17, 15) is 13.6 Å². The number of halogens is 2. The van der Waals surface area contributed by atoms with Crippen molar-refractivity contribution in [3.63, 3.8) is 0 Å². The van der Waals surface area contributed by atoms with Crippen molar-refractivity contribution in [3.8, 4) is 0 Å². The molecule has 0 bridgehead atoms. The molecule has 0 aliphatic carbocycles. The Labute approximate surface area is 161 Å². The summed E-state index contributed by atoms with van der Waals surface area (Å²) in [5, 5.41) is 10.1. The second-order valence-electron chi connectivity index (χ2n) is 7.40. The highest BCUT2D eigenvalue weighted by Crippen LogP contribution is 2.41. The van der Waals surface area contributed by atoms with Crippen molar-refractivity contribution in [2.45, 2.75) is 32.5 Å². The number of carbonyl (C=O) groups is 1. The molecule has 4 rings (SSSR count). The Morgan fingerprint density at radius 3 is 2.71 bits per heavy atom. The van der Waals surface area contributed by atoms with E-state index < -0.39 is 17.2 Å². The van der Waals surface area contributed by atoms with Crippen LogP contribution in [0.3, 0.4) is 0 Å². The van der Waals surface area contributed by atoms with Crippen LogP contribution in [-0.4, -0.2) is 21.0 Å². The Balaban J connectivity index is 1.58. The molecule has 2 aromatic carbocycles. The lowest BCUT2D eigenvalue weighted by molar-refractivity contribution is 0.102. The van der Waals surface area contributed by atoms with Crippen molar-refractivity contribution in [1.29, 1.82) is 0 Å². The molecule has 28 heavy (non-hydrogen) atoms. The summed E-state index contributed by atoms with van der Waals surface area (Å²) in [6, 6.07) is 12.3. The van der Waals surface area contributed by atoms with Gasteiger partial charge in [-0.2, -0.15) is 5.10 Å². The van der Waals surface area contributed by atoms with Gasteiger partial charge in [-0.3, -0.25) is 14.8 Å². The molecule has 0 spiro atoms. The van der Waals surface area contributed by atoms with E-state index in [-0.39, 0.29) is 12.5 Å². The number of aromatic amines is 1. The average molecular weight is 382 g/mol. The molecule has 2 heterocycles. The molecule has 2 N–H and O–H groups in total. The first-order valence-electron chi connectivity index (χ1n) is 8.99. The lowest BCUT2D eigenvalue weighted by Crippen LogP contribution is -2.35. The van der Waals surface area contributed by atoms with Gasteiger partial charge in [0.25, 0.3) is 5.91 Å². The first-order chi connectivity index (χ1) is 13.4. The summed E-state index contributed by atoms with van der Waals surface area (Å²) >= 11 is 0. The van der Waals surface area contributed by atoms with Gasteiger partial charge in [0.2, 0.25) is 0 Å². The zero-order chi connectivity index (χ0) is 19.9. The van der Waals surface area contributed by atoms with Gasteiger partial charge < -0.3 is 5.32 Å². The first-order valence-corrected chi connectivity index (χ1v) is 8.99. The first kappa shape index (κ1) is 18.3. The van der Waals surface area contributed by atoms with Crippen LogP contribution in [0.1, 0.15) is 41.0 Å². The third-order valence-corrected chi connectivity index (χ3v) is 5.26. The normalized spacial score (nSPS) is 15.4. The number of nitrogens with zero attached hydrogens (tertiary/aromatic N) is 2. The maximum atomic E-state index is 14.1. The van der Waals surface area contributed by atoms with Crippen molar-refractivity contribution < 1.29 is 13.6 Å². The fourth-order valence-corrected chi connectivity index (χ4v) is 3.57. The maximum absolute atomic E-state index is 14.1. The van der Waals surface area contributed by atoms with Crippen molar-refractivity contribution in [3.05, 3.63) is 82.5 Å². The highest BCUT2D eigenvalue weighted by Gasteiger charge is 2.41. The van der Waals surface area contributed by atoms with Crippen LogP contribution < -0.4 is 5.32 Å². The number of anilines is 1. The number of benzene rings is 2. The smallest absolute Gasteiger partial charge is 0.256 e. The second kappa shape index (κ2) is 6.83. The SMILES string of the molecule is CC1(C)c2[nH]nc(NC(=O)c3ccccc3)c2CN1Cc1cc(F)ccc1F. The Morgan fingerprint density at radius 1 is 1.21 bits per heavy atom. The minimum Gasteiger partial charge on any atom is -0.305 e. The largest absolute Gasteiger partial charge is 0.305 e. The molecule has 5 nitrogen and oxygen atoms in total. The Morgan fingerprint density at radius 2 is 1.96 bits per heavy atom. The van der Waals surface area contributed by atoms with Crippen molar-refractivity contribution >= 4 is 11.7 Å². The van der Waals surface area contributed by atoms with Crippen LogP contribution in [-0.2, 0) is 18.6 Å². The minimum atomic E-state index is -0.475. The van der Waals surface area contributed by atoms with Gasteiger partial charge in [-0.1, -0.05) is 18.2 Å². The summed E-state index contributed by atoms with van der Waals surface area (Å²) in [5.41, 5.74) is 2.06. The van der Waals surface area contributed by atoms with Crippen LogP contribution in [0.4, 0.5) is 14.6 Å². The predicted molar refractivity (Wildman–Crippen MR) is 102 cm³/mol. The van der Waals surface area contributed by atoms with Gasteiger partial charge in [0.1, 0.15) is 11.6 Å². The molecule has 1 aromatic heterocycles. The van der Waals surface area contributed by atoms with Crippen molar-refractivity contribution in [1.82, 2.24) is 15.1 Å². The summed E-state index contributed by atoms with van der Waals surface area (Å²) in [6.45, 7) is 4.67. The molecule has 0 unspecified atom stereocenters. The Hall–Kier alpha value is -3.06. The number of fused-ring (bicyclic) bond motifs is 1. The highest BCUT2D eigenvalue weighted by atomic mass is 19.1. The average Bonchev–Trinajstić information content (AvgIpc) is 3.18. The van der Waals surface area contributed by atoms with Gasteiger partial charge in [0.15, 0.2) is 5.82 Å². The molecular weight excluding hydrogens is 362 g/mol. The number of hydrogen-bond donors (Lipinski definition) is 2. The van der Waals surface area contributed by atoms with Gasteiger partial charge in [-0.15, -0.1) is 0 Å². The van der Waals surface area contributed by atoms with E-state index in [1.54, 1.807) is 24.3 Å². The predicted octanol–water partition coefficient (Wildman–Crippen LogP) is 4.19. The third kappa shape index (κ3) is 3.18. The van der Waals surface area contributed by atoms with Crippen LogP contribution in [0.2, 0.25) is 0 Å². The van der Waals surface area contributed by atoms with E-state index in [1.807, 2.05) is 24.8 Å². The molecule has 7 heteroatoms. The molecule has 1 amide bonds. The third-order valence-electron chi connectivity index (χ3n) is 5.26. The number of hydrogen-bond acceptors (Lipinski definition) is 3. The molecule has 0 saturated carbocycles. The summed E-state index contributed by atoms with van der Waals surface area (Å²) in [6.07, 6.45) is 0. The molecule has 0 atom stereocenters. The standard InChI is InChI=1S/C21H20F2N4O/c1-21(2)18-16(12-27(21)11-14-10-15(22)8-9-17(14)23)19(26-25-18)24-20(28)13-6-4-3-5-7-13/h3-10H,11-12H2,1-2H3,(H2,24,25,26,28). The molecule has 1 aliphatic rings. The summed E-state index contributed by atoms with van der Waals surface area (Å²) < 4.78 is 27.6. The molecule has 144 valence electrons. The Bertz CT molecular complexity index is 1030. The molecule has 0 fully saturated rings. The Kier molecular flexibility index (Phi) is 4.47. The molecule has 1 aliphatic heterocycles. The number of aromatic nitrogens is 2. The highest BCUT2D eigenvalue weighted by molar-refractivity contribution is 6.04. The van der Waals surface area contributed by atoms with E-state index in [4.69, 9.17) is 0 Å². The number of rotatable bonds is 4. The number of amides is 1. The molecule has 3 aromatic rings. The van der Waals surface area contributed by atoms with E-state index in [0.29, 0.717) is 23.5 Å². The van der Waals surface area contributed by atoms with E-state index in [2.05, 4.69) is 15.5 Å². The zero-order valence-corrected chi connectivity index (χ0v) is 15.6. The van der Waals surface area contributed by atoms with E-state index >= 15 is 0 Å². The van der Waals surface area contributed by atoms with Crippen LogP contribution in [0.25, 0.3) is 0 Å². The number of nitrogens with one attached hydrogen (secondary N) is 2. The van der Waals surface area contributed by atoms with Crippen molar-refractivity contribution in [2.75, 3.05) is 5.32 Å². The molecule has 0 saturated heterocycles. The van der Waals surface area contributed by atoms with Crippen LogP contribution >= 0.6 is 0 Å². The van der Waals surface area contributed by atoms with Gasteiger partial charge in [-0.25, -0.2) is 8.78 Å². The maximum Gasteiger partial charge on any atom is 0.256 e. The second-order valence-corrected chi connectivity index (χ2v) is 7.40. The van der Waals surface area contributed by atoms with Gasteiger partial charge in [0, 0.05) is 29.8 Å². The zero-order valence-electron chi connectivity index (χ0n) is 15.6. The summed E-state index contributed by atoms with van der Waals surface area (Å²) in [7, 11) is 0. The molecule has 0 radical (unpaired) electrons. The topological polar surface area (TPSA) is 61.0 Å². The number of carbonyl (C=O) groups excluding carboxylic acids is 1. The van der Waals surface area contributed by atoms with Gasteiger partial charge in [0.05, 0.1) is 11.2 Å². The minimum absolute atomic E-state index is 0.241. The van der Waals surface area contributed by atoms with Crippen LogP contribution in [0.15, 0.2) is 48.5 Å². The van der Waals surface area contributed by atoms with Crippen molar-refractivity contribution in [2.24, 2.45) is 0 Å². The number of H-pyrrole nitrogens is 1. The van der Waals surface area contributed by atoms with E-state index in [0.717, 1.165) is 23.4 Å².